The van der Waals surface area contributed by atoms with Crippen molar-refractivity contribution in [2.75, 3.05) is 26.4 Å². The number of unbranched alkanes of at least 4 members (excludes halogenated alkanes) is 3. The van der Waals surface area contributed by atoms with Crippen LogP contribution in [-0.4, -0.2) is 59.3 Å². The van der Waals surface area contributed by atoms with E-state index in [0.29, 0.717) is 13.0 Å². The fourth-order valence-corrected chi connectivity index (χ4v) is 3.71. The van der Waals surface area contributed by atoms with Crippen LogP contribution in [0.4, 0.5) is 13.2 Å². The van der Waals surface area contributed by atoms with E-state index < -0.39 is 28.5 Å². The van der Waals surface area contributed by atoms with Gasteiger partial charge in [0.25, 0.3) is 0 Å². The largest absolute Gasteiger partial charge is 0.632 e. The van der Waals surface area contributed by atoms with Crippen molar-refractivity contribution in [2.45, 2.75) is 63.3 Å². The highest BCUT2D eigenvalue weighted by Gasteiger charge is 2.34. The van der Waals surface area contributed by atoms with E-state index >= 15 is 0 Å². The Hall–Kier alpha value is -1.88. The number of rotatable bonds is 13. The van der Waals surface area contributed by atoms with E-state index in [9.17, 15) is 28.3 Å². The lowest BCUT2D eigenvalue weighted by Gasteiger charge is -2.43. The van der Waals surface area contributed by atoms with Gasteiger partial charge < -0.3 is 24.8 Å². The number of aliphatic hydroxyl groups is 1. The van der Waals surface area contributed by atoms with E-state index in [0.717, 1.165) is 37.8 Å². The number of carboxylic acids is 1. The number of aliphatic carboxylic acids is 1. The summed E-state index contributed by atoms with van der Waals surface area (Å²) >= 11 is 0. The average Bonchev–Trinajstić information content (AvgIpc) is 3.07. The molecule has 0 spiro atoms. The Bertz CT molecular complexity index is 687. The minimum Gasteiger partial charge on any atom is -0.632 e. The minimum absolute atomic E-state index is 0.104. The van der Waals surface area contributed by atoms with Gasteiger partial charge in [0.1, 0.15) is 25.1 Å². The molecule has 0 bridgehead atoms. The van der Waals surface area contributed by atoms with Crippen LogP contribution in [0.2, 0.25) is 0 Å². The van der Waals surface area contributed by atoms with E-state index in [1.54, 1.807) is 0 Å². The van der Waals surface area contributed by atoms with Crippen LogP contribution in [0.25, 0.3) is 0 Å². The number of nitrogens with one attached hydrogen (secondary N) is 1. The molecule has 3 unspecified atom stereocenters. The highest BCUT2D eigenvalue weighted by molar-refractivity contribution is 5.66. The Kier molecular flexibility index (Phi) is 9.54. The maximum Gasteiger partial charge on any atom is 0.416 e. The molecular formula is C21H31F3N2O5. The molecule has 10 heteroatoms. The normalized spacial score (nSPS) is 22.4. The van der Waals surface area contributed by atoms with Gasteiger partial charge in [-0.15, -0.1) is 0 Å². The third-order valence-electron chi connectivity index (χ3n) is 5.57. The lowest BCUT2D eigenvalue weighted by Crippen LogP contribution is -2.49. The molecule has 3 N–H and O–H groups in total. The van der Waals surface area contributed by atoms with Crippen LogP contribution in [0.5, 0.6) is 5.75 Å². The number of benzene rings is 1. The molecule has 1 aliphatic rings. The number of alkyl halides is 3. The monoisotopic (exact) mass is 448 g/mol. The number of aliphatic hydroxyl groups excluding tert-OH is 1. The number of hydrogen-bond donors (Lipinski definition) is 3. The predicted molar refractivity (Wildman–Crippen MR) is 108 cm³/mol. The van der Waals surface area contributed by atoms with Crippen molar-refractivity contribution in [3.8, 4) is 5.75 Å². The fourth-order valence-electron chi connectivity index (χ4n) is 3.71. The summed E-state index contributed by atoms with van der Waals surface area (Å²) in [4.78, 5) is 10.5. The van der Waals surface area contributed by atoms with E-state index in [1.165, 1.54) is 12.1 Å². The summed E-state index contributed by atoms with van der Waals surface area (Å²) in [5, 5.41) is 35.0. The minimum atomic E-state index is -4.41. The van der Waals surface area contributed by atoms with E-state index in [-0.39, 0.29) is 44.5 Å². The molecule has 2 rings (SSSR count). The summed E-state index contributed by atoms with van der Waals surface area (Å²) in [6.45, 7) is 0.994. The van der Waals surface area contributed by atoms with Gasteiger partial charge in [-0.2, -0.15) is 13.2 Å². The molecule has 176 valence electrons. The molecule has 0 amide bonds. The van der Waals surface area contributed by atoms with Crippen molar-refractivity contribution in [3.63, 3.8) is 0 Å². The van der Waals surface area contributed by atoms with Crippen LogP contribution in [0.15, 0.2) is 24.3 Å². The molecule has 1 fully saturated rings. The Balaban J connectivity index is 1.69. The third-order valence-corrected chi connectivity index (χ3v) is 5.57. The van der Waals surface area contributed by atoms with Crippen LogP contribution in [0, 0.1) is 5.21 Å². The molecule has 1 heterocycles. The number of quaternary nitrogens is 1. The smallest absolute Gasteiger partial charge is 0.416 e. The first-order valence-electron chi connectivity index (χ1n) is 10.6. The Morgan fingerprint density at radius 2 is 1.90 bits per heavy atom. The Labute approximate surface area is 180 Å². The summed E-state index contributed by atoms with van der Waals surface area (Å²) in [7, 11) is 0. The van der Waals surface area contributed by atoms with Gasteiger partial charge in [-0.25, -0.2) is 0 Å². The number of hydroxylamine groups is 3. The van der Waals surface area contributed by atoms with E-state index in [1.807, 2.05) is 0 Å². The first-order valence-corrected chi connectivity index (χ1v) is 10.6. The topological polar surface area (TPSA) is 102 Å². The van der Waals surface area contributed by atoms with Crippen molar-refractivity contribution in [1.82, 2.24) is 5.32 Å². The van der Waals surface area contributed by atoms with Crippen molar-refractivity contribution in [2.24, 2.45) is 0 Å². The fraction of sp³-hybridized carbons (Fsp3) is 0.667. The molecule has 0 aromatic heterocycles. The average molecular weight is 448 g/mol. The van der Waals surface area contributed by atoms with Crippen LogP contribution in [-0.2, 0) is 11.0 Å². The van der Waals surface area contributed by atoms with Crippen LogP contribution >= 0.6 is 0 Å². The second kappa shape index (κ2) is 11.7. The Morgan fingerprint density at radius 3 is 2.55 bits per heavy atom. The second-order valence-electron chi connectivity index (χ2n) is 8.06. The summed E-state index contributed by atoms with van der Waals surface area (Å²) in [6, 6.07) is 4.13. The predicted octanol–water partition coefficient (Wildman–Crippen LogP) is 3.50. The second-order valence-corrected chi connectivity index (χ2v) is 8.06. The van der Waals surface area contributed by atoms with Gasteiger partial charge >= 0.3 is 12.1 Å². The van der Waals surface area contributed by atoms with E-state index in [4.69, 9.17) is 9.84 Å². The van der Waals surface area contributed by atoms with Crippen molar-refractivity contribution >= 4 is 5.97 Å². The molecule has 1 saturated heterocycles. The van der Waals surface area contributed by atoms with Crippen LogP contribution in [0.3, 0.4) is 0 Å². The maximum atomic E-state index is 13.1. The molecule has 0 aliphatic carbocycles. The molecule has 1 aromatic carbocycles. The van der Waals surface area contributed by atoms with E-state index in [2.05, 4.69) is 5.32 Å². The van der Waals surface area contributed by atoms with Gasteiger partial charge in [0.05, 0.1) is 24.8 Å². The summed E-state index contributed by atoms with van der Waals surface area (Å²) in [5.41, 5.74) is -0.771. The number of nitrogens with zero attached hydrogens (tertiary/aromatic N) is 1. The molecule has 0 radical (unpaired) electrons. The molecule has 1 aliphatic heterocycles. The third kappa shape index (κ3) is 8.64. The first kappa shape index (κ1) is 25.4. The lowest BCUT2D eigenvalue weighted by molar-refractivity contribution is -0.893. The maximum absolute atomic E-state index is 13.1. The quantitative estimate of drug-likeness (QED) is 0.243. The van der Waals surface area contributed by atoms with Crippen molar-refractivity contribution in [1.29, 1.82) is 0 Å². The van der Waals surface area contributed by atoms with Crippen molar-refractivity contribution in [3.05, 3.63) is 35.0 Å². The van der Waals surface area contributed by atoms with Gasteiger partial charge in [-0.1, -0.05) is 12.8 Å². The number of ether oxygens (including phenoxy) is 1. The summed E-state index contributed by atoms with van der Waals surface area (Å²) in [6.07, 6.45) is -0.985. The zero-order chi connectivity index (χ0) is 22.9. The SMILES string of the molecule is O=C(O)CCCCCCC1CNC[N+]1([O-])CCC(O)COc1ccc(C(F)(F)F)cc1. The van der Waals surface area contributed by atoms with Crippen LogP contribution < -0.4 is 10.1 Å². The number of hydrogen-bond acceptors (Lipinski definition) is 5. The van der Waals surface area contributed by atoms with Gasteiger partial charge in [-0.05, 0) is 37.1 Å². The number of carboxylic acid groups (broad SMARTS) is 1. The van der Waals surface area contributed by atoms with Crippen LogP contribution in [0.1, 0.15) is 50.5 Å². The number of halogens is 3. The molecule has 0 saturated carbocycles. The molecular weight excluding hydrogens is 417 g/mol. The molecule has 1 aromatic rings. The van der Waals surface area contributed by atoms with Gasteiger partial charge in [0.15, 0.2) is 0 Å². The van der Waals surface area contributed by atoms with Gasteiger partial charge in [-0.3, -0.25) is 10.1 Å². The summed E-state index contributed by atoms with van der Waals surface area (Å²) < 4.78 is 42.6. The highest BCUT2D eigenvalue weighted by atomic mass is 19.4. The zero-order valence-electron chi connectivity index (χ0n) is 17.4. The summed E-state index contributed by atoms with van der Waals surface area (Å²) in [5.74, 6) is -0.572. The lowest BCUT2D eigenvalue weighted by atomic mass is 10.1. The van der Waals surface area contributed by atoms with Gasteiger partial charge in [0, 0.05) is 19.3 Å². The molecule has 7 nitrogen and oxygen atoms in total. The molecule has 31 heavy (non-hydrogen) atoms. The van der Waals surface area contributed by atoms with Crippen molar-refractivity contribution < 1.29 is 37.6 Å². The zero-order valence-corrected chi connectivity index (χ0v) is 17.4. The Morgan fingerprint density at radius 1 is 1.23 bits per heavy atom. The standard InChI is InChI=1S/C21H31F3N2O5/c22-21(23,24)16-7-9-19(10-8-16)31-14-18(27)11-12-26(30)15-25-13-17(26)5-3-1-2-4-6-20(28)29/h7-10,17-18,25,27H,1-6,11-15H2,(H,28,29). The number of carbonyl (C=O) groups is 1. The molecule has 3 atom stereocenters. The first-order chi connectivity index (χ1) is 14.6. The van der Waals surface area contributed by atoms with Gasteiger partial charge in [0.2, 0.25) is 0 Å². The highest BCUT2D eigenvalue weighted by Crippen LogP contribution is 2.30.